The minimum absolute atomic E-state index is 0.0350. The summed E-state index contributed by atoms with van der Waals surface area (Å²) in [6.45, 7) is -0.627. The van der Waals surface area contributed by atoms with Gasteiger partial charge in [-0.2, -0.15) is 34.8 Å². The Morgan fingerprint density at radius 1 is 0.941 bits per heavy atom. The molecule has 0 saturated heterocycles. The van der Waals surface area contributed by atoms with E-state index >= 15 is 0 Å². The van der Waals surface area contributed by atoms with E-state index in [1.165, 1.54) is 24.3 Å². The fourth-order valence-corrected chi connectivity index (χ4v) is 5.39. The molecule has 0 amide bonds. The quantitative estimate of drug-likeness (QED) is 0.253. The summed E-state index contributed by atoms with van der Waals surface area (Å²) in [5.74, 6) is -0.490. The van der Waals surface area contributed by atoms with Gasteiger partial charge in [0, 0.05) is 22.2 Å². The normalized spacial score (nSPS) is 20.9. The second-order valence-electron chi connectivity index (χ2n) is 8.08. The van der Waals surface area contributed by atoms with Crippen LogP contribution >= 0.6 is 23.2 Å². The van der Waals surface area contributed by atoms with E-state index in [9.17, 15) is 34.8 Å². The van der Waals surface area contributed by atoms with E-state index in [-0.39, 0.29) is 33.3 Å². The van der Waals surface area contributed by atoms with Crippen LogP contribution in [0.4, 0.5) is 26.3 Å². The van der Waals surface area contributed by atoms with Crippen LogP contribution in [0.3, 0.4) is 0 Å². The minimum atomic E-state index is -5.89. The lowest BCUT2D eigenvalue weighted by molar-refractivity contribution is -0.183. The summed E-state index contributed by atoms with van der Waals surface area (Å²) in [5, 5.41) is 0.0701. The molecule has 1 aliphatic heterocycles. The predicted octanol–water partition coefficient (Wildman–Crippen LogP) is 6.40. The van der Waals surface area contributed by atoms with Gasteiger partial charge < -0.3 is 4.18 Å². The SMILES string of the molecule is O=S(=O)(Oc1ccc(C2=NCC(c3cc(Cl)cc(Cl)c3)(C(F)(F)F)C2)c2c1CCC2)C(F)(F)F. The molecule has 1 atom stereocenters. The van der Waals surface area contributed by atoms with Crippen LogP contribution in [0.1, 0.15) is 35.1 Å². The Labute approximate surface area is 200 Å². The number of hydrogen-bond acceptors (Lipinski definition) is 4. The van der Waals surface area contributed by atoms with Crippen molar-refractivity contribution < 1.29 is 38.9 Å². The van der Waals surface area contributed by atoms with Crippen molar-refractivity contribution in [3.05, 3.63) is 62.6 Å². The van der Waals surface area contributed by atoms with Crippen LogP contribution < -0.4 is 4.18 Å². The van der Waals surface area contributed by atoms with Crippen LogP contribution in [0.25, 0.3) is 0 Å². The standard InChI is InChI=1S/C21H15Cl2F6NO3S/c22-12-6-11(7-13(23)8-12)19(20(24,25)26)9-17(30-10-19)15-4-5-18(16-3-1-2-14(15)16)33-34(31,32)21(27,28)29/h4-8H,1-3,9-10H2. The van der Waals surface area contributed by atoms with Crippen LogP contribution in [0.15, 0.2) is 35.3 Å². The number of nitrogens with zero attached hydrogens (tertiary/aromatic N) is 1. The number of alkyl halides is 6. The van der Waals surface area contributed by atoms with Gasteiger partial charge in [-0.3, -0.25) is 4.99 Å². The van der Waals surface area contributed by atoms with Gasteiger partial charge in [0.05, 0.1) is 6.54 Å². The van der Waals surface area contributed by atoms with Crippen LogP contribution in [-0.2, 0) is 28.4 Å². The Kier molecular flexibility index (Phi) is 6.14. The average Bonchev–Trinajstić information content (AvgIpc) is 3.34. The molecule has 2 aromatic rings. The summed E-state index contributed by atoms with van der Waals surface area (Å²) in [6.07, 6.45) is -4.24. The first-order valence-corrected chi connectivity index (χ1v) is 12.0. The van der Waals surface area contributed by atoms with Gasteiger partial charge in [-0.05, 0) is 71.8 Å². The fraction of sp³-hybridized carbons (Fsp3) is 0.381. The van der Waals surface area contributed by atoms with Crippen molar-refractivity contribution in [3.8, 4) is 5.75 Å². The molecule has 4 rings (SSSR count). The van der Waals surface area contributed by atoms with Crippen LogP contribution in [-0.4, -0.2) is 32.4 Å². The van der Waals surface area contributed by atoms with Gasteiger partial charge in [0.15, 0.2) is 0 Å². The molecule has 0 spiro atoms. The van der Waals surface area contributed by atoms with E-state index in [1.807, 2.05) is 0 Å². The van der Waals surface area contributed by atoms with Crippen molar-refractivity contribution in [2.75, 3.05) is 6.54 Å². The summed E-state index contributed by atoms with van der Waals surface area (Å²) < 4.78 is 108. The Morgan fingerprint density at radius 3 is 2.15 bits per heavy atom. The Balaban J connectivity index is 1.73. The largest absolute Gasteiger partial charge is 0.534 e. The number of fused-ring (bicyclic) bond motifs is 1. The monoisotopic (exact) mass is 545 g/mol. The smallest absolute Gasteiger partial charge is 0.376 e. The number of benzene rings is 2. The molecule has 13 heteroatoms. The molecule has 0 aromatic heterocycles. The first-order chi connectivity index (χ1) is 15.6. The molecule has 0 radical (unpaired) electrons. The molecule has 0 saturated carbocycles. The van der Waals surface area contributed by atoms with E-state index in [2.05, 4.69) is 9.18 Å². The average molecular weight is 546 g/mol. The number of aliphatic imine (C=N–C) groups is 1. The first-order valence-electron chi connectivity index (χ1n) is 9.87. The molecule has 0 bridgehead atoms. The van der Waals surface area contributed by atoms with Crippen LogP contribution in [0, 0.1) is 0 Å². The third-order valence-corrected chi connectivity index (χ3v) is 7.40. The van der Waals surface area contributed by atoms with Gasteiger partial charge in [-0.1, -0.05) is 23.2 Å². The number of rotatable bonds is 4. The molecule has 2 aromatic carbocycles. The molecular formula is C21H15Cl2F6NO3S. The third kappa shape index (κ3) is 4.26. The zero-order valence-electron chi connectivity index (χ0n) is 17.0. The highest BCUT2D eigenvalue weighted by atomic mass is 35.5. The molecule has 184 valence electrons. The highest BCUT2D eigenvalue weighted by Gasteiger charge is 2.58. The fourth-order valence-electron chi connectivity index (χ4n) is 4.37. The van der Waals surface area contributed by atoms with E-state index in [1.54, 1.807) is 0 Å². The third-order valence-electron chi connectivity index (χ3n) is 6.00. The van der Waals surface area contributed by atoms with Crippen molar-refractivity contribution in [1.29, 1.82) is 0 Å². The Hall–Kier alpha value is -1.98. The van der Waals surface area contributed by atoms with Crippen molar-refractivity contribution in [2.45, 2.75) is 42.8 Å². The van der Waals surface area contributed by atoms with Crippen molar-refractivity contribution in [3.63, 3.8) is 0 Å². The second-order valence-corrected chi connectivity index (χ2v) is 10.5. The molecule has 34 heavy (non-hydrogen) atoms. The summed E-state index contributed by atoms with van der Waals surface area (Å²) >= 11 is 11.9. The van der Waals surface area contributed by atoms with Gasteiger partial charge in [-0.15, -0.1) is 0 Å². The maximum Gasteiger partial charge on any atom is 0.534 e. The van der Waals surface area contributed by atoms with E-state index in [0.717, 1.165) is 6.07 Å². The van der Waals surface area contributed by atoms with Crippen molar-refractivity contribution >= 4 is 39.0 Å². The summed E-state index contributed by atoms with van der Waals surface area (Å²) in [6, 6.07) is 5.95. The van der Waals surface area contributed by atoms with Gasteiger partial charge >= 0.3 is 21.8 Å². The topological polar surface area (TPSA) is 55.7 Å². The first kappa shape index (κ1) is 25.1. The Morgan fingerprint density at radius 2 is 1.56 bits per heavy atom. The predicted molar refractivity (Wildman–Crippen MR) is 114 cm³/mol. The molecular weight excluding hydrogens is 531 g/mol. The molecule has 2 aliphatic rings. The number of hydrogen-bond donors (Lipinski definition) is 0. The second kappa shape index (κ2) is 8.30. The van der Waals surface area contributed by atoms with Crippen LogP contribution in [0.5, 0.6) is 5.75 Å². The maximum atomic E-state index is 14.3. The lowest BCUT2D eigenvalue weighted by Gasteiger charge is -2.32. The van der Waals surface area contributed by atoms with Crippen molar-refractivity contribution in [2.24, 2.45) is 4.99 Å². The molecule has 4 nitrogen and oxygen atoms in total. The number of halogens is 8. The summed E-state index contributed by atoms with van der Waals surface area (Å²) in [4.78, 5) is 4.15. The zero-order valence-corrected chi connectivity index (χ0v) is 19.4. The summed E-state index contributed by atoms with van der Waals surface area (Å²) in [5.41, 5.74) is -7.09. The van der Waals surface area contributed by atoms with Crippen LogP contribution in [0.2, 0.25) is 10.0 Å². The van der Waals surface area contributed by atoms with Gasteiger partial charge in [0.25, 0.3) is 0 Å². The van der Waals surface area contributed by atoms with E-state index in [4.69, 9.17) is 23.2 Å². The minimum Gasteiger partial charge on any atom is -0.376 e. The highest BCUT2D eigenvalue weighted by Crippen LogP contribution is 2.49. The highest BCUT2D eigenvalue weighted by molar-refractivity contribution is 7.88. The van der Waals surface area contributed by atoms with E-state index < -0.39 is 45.9 Å². The maximum absolute atomic E-state index is 14.3. The molecule has 1 aliphatic carbocycles. The van der Waals surface area contributed by atoms with Crippen molar-refractivity contribution in [1.82, 2.24) is 0 Å². The zero-order chi connectivity index (χ0) is 25.1. The molecule has 1 unspecified atom stereocenters. The molecule has 0 N–H and O–H groups in total. The Bertz CT molecular complexity index is 1270. The van der Waals surface area contributed by atoms with Gasteiger partial charge in [-0.25, -0.2) is 0 Å². The summed E-state index contributed by atoms with van der Waals surface area (Å²) in [7, 11) is -5.89. The molecule has 0 fully saturated rings. The van der Waals surface area contributed by atoms with Gasteiger partial charge in [0.2, 0.25) is 0 Å². The van der Waals surface area contributed by atoms with Gasteiger partial charge in [0.1, 0.15) is 11.2 Å². The molecule has 1 heterocycles. The van der Waals surface area contributed by atoms with E-state index in [0.29, 0.717) is 24.0 Å². The lowest BCUT2D eigenvalue weighted by Crippen LogP contribution is -2.43. The lowest BCUT2D eigenvalue weighted by atomic mass is 9.76.